The van der Waals surface area contributed by atoms with Crippen LogP contribution in [0.2, 0.25) is 5.02 Å². The van der Waals surface area contributed by atoms with Crippen LogP contribution in [-0.4, -0.2) is 42.4 Å². The summed E-state index contributed by atoms with van der Waals surface area (Å²) in [7, 11) is 0. The van der Waals surface area contributed by atoms with Crippen molar-refractivity contribution in [3.8, 4) is 24.7 Å². The lowest BCUT2D eigenvalue weighted by molar-refractivity contribution is 0.0137. The van der Waals surface area contributed by atoms with Gasteiger partial charge in [-0.15, -0.1) is 12.8 Å². The van der Waals surface area contributed by atoms with Crippen molar-refractivity contribution in [2.45, 2.75) is 12.7 Å². The molecule has 1 unspecified atom stereocenters. The molecule has 0 fully saturated rings. The zero-order chi connectivity index (χ0) is 14.8. The molecule has 0 spiro atoms. The number of ether oxygens (including phenoxy) is 1. The summed E-state index contributed by atoms with van der Waals surface area (Å²) in [5.41, 5.74) is 1.01. The number of halogens is 1. The van der Waals surface area contributed by atoms with Gasteiger partial charge in [-0.25, -0.2) is 0 Å². The molecule has 4 heteroatoms. The van der Waals surface area contributed by atoms with Gasteiger partial charge < -0.3 is 9.84 Å². The smallest absolute Gasteiger partial charge is 0.0901 e. The number of aliphatic hydroxyl groups excluding tert-OH is 1. The highest BCUT2D eigenvalue weighted by molar-refractivity contribution is 6.30. The minimum absolute atomic E-state index is 0.230. The number of hydrogen-bond acceptors (Lipinski definition) is 3. The van der Waals surface area contributed by atoms with E-state index in [9.17, 15) is 5.11 Å². The molecule has 0 amide bonds. The van der Waals surface area contributed by atoms with Gasteiger partial charge in [0.1, 0.15) is 0 Å². The normalized spacial score (nSPS) is 11.8. The quantitative estimate of drug-likeness (QED) is 0.741. The molecule has 1 N–H and O–H groups in total. The first-order valence-corrected chi connectivity index (χ1v) is 6.63. The van der Waals surface area contributed by atoms with Crippen LogP contribution in [-0.2, 0) is 11.3 Å². The predicted octanol–water partition coefficient (Wildman–Crippen LogP) is 1.79. The average Bonchev–Trinajstić information content (AvgIpc) is 2.41. The molecule has 0 aromatic heterocycles. The minimum atomic E-state index is -0.621. The third kappa shape index (κ3) is 6.61. The number of aliphatic hydroxyl groups is 1. The van der Waals surface area contributed by atoms with Crippen molar-refractivity contribution in [2.24, 2.45) is 0 Å². The molecule has 0 bridgehead atoms. The molecule has 20 heavy (non-hydrogen) atoms. The Kier molecular flexibility index (Phi) is 7.80. The van der Waals surface area contributed by atoms with Crippen molar-refractivity contribution in [3.05, 3.63) is 34.9 Å². The maximum absolute atomic E-state index is 9.87. The minimum Gasteiger partial charge on any atom is -0.389 e. The summed E-state index contributed by atoms with van der Waals surface area (Å²) >= 11 is 5.79. The van der Waals surface area contributed by atoms with Gasteiger partial charge in [0, 0.05) is 11.6 Å². The highest BCUT2D eigenvalue weighted by Gasteiger charge is 2.10. The van der Waals surface area contributed by atoms with Crippen molar-refractivity contribution in [1.82, 2.24) is 4.90 Å². The van der Waals surface area contributed by atoms with Crippen LogP contribution in [0.5, 0.6) is 0 Å². The van der Waals surface area contributed by atoms with Crippen LogP contribution < -0.4 is 0 Å². The van der Waals surface area contributed by atoms with Gasteiger partial charge in [-0.05, 0) is 17.7 Å². The lowest BCUT2D eigenvalue weighted by Crippen LogP contribution is -2.35. The Hall–Kier alpha value is -1.49. The molecule has 1 rings (SSSR count). The molecule has 3 nitrogen and oxygen atoms in total. The van der Waals surface area contributed by atoms with Crippen LogP contribution >= 0.6 is 11.6 Å². The van der Waals surface area contributed by atoms with E-state index >= 15 is 0 Å². The van der Waals surface area contributed by atoms with E-state index in [1.165, 1.54) is 0 Å². The zero-order valence-electron chi connectivity index (χ0n) is 11.3. The van der Waals surface area contributed by atoms with E-state index in [1.54, 1.807) is 12.1 Å². The van der Waals surface area contributed by atoms with E-state index in [0.29, 0.717) is 31.3 Å². The van der Waals surface area contributed by atoms with Crippen molar-refractivity contribution in [2.75, 3.05) is 26.2 Å². The van der Waals surface area contributed by atoms with E-state index in [4.69, 9.17) is 29.2 Å². The third-order valence-corrected chi connectivity index (χ3v) is 2.84. The standard InChI is InChI=1S/C16H18ClNO2/c1-3-9-18(10-4-2)11-16(19)13-20-12-14-5-7-15(17)8-6-14/h1-2,5-8,16,19H,9-13H2. The molecule has 0 aliphatic heterocycles. The van der Waals surface area contributed by atoms with Crippen LogP contribution in [0.1, 0.15) is 5.56 Å². The van der Waals surface area contributed by atoms with Crippen LogP contribution in [0.15, 0.2) is 24.3 Å². The number of nitrogens with zero attached hydrogens (tertiary/aromatic N) is 1. The van der Waals surface area contributed by atoms with E-state index in [2.05, 4.69) is 11.8 Å². The number of benzene rings is 1. The Morgan fingerprint density at radius 3 is 2.35 bits per heavy atom. The van der Waals surface area contributed by atoms with E-state index in [0.717, 1.165) is 5.56 Å². The molecule has 0 radical (unpaired) electrons. The van der Waals surface area contributed by atoms with Gasteiger partial charge in [-0.3, -0.25) is 4.90 Å². The molecule has 0 aliphatic rings. The first-order valence-electron chi connectivity index (χ1n) is 6.25. The Bertz CT molecular complexity index is 457. The molecular formula is C16H18ClNO2. The average molecular weight is 292 g/mol. The van der Waals surface area contributed by atoms with Crippen LogP contribution in [0.4, 0.5) is 0 Å². The first kappa shape index (κ1) is 16.6. The Morgan fingerprint density at radius 2 is 1.80 bits per heavy atom. The van der Waals surface area contributed by atoms with Crippen molar-refractivity contribution < 1.29 is 9.84 Å². The highest BCUT2D eigenvalue weighted by atomic mass is 35.5. The second kappa shape index (κ2) is 9.42. The second-order valence-corrected chi connectivity index (χ2v) is 4.81. The SMILES string of the molecule is C#CCN(CC#C)CC(O)COCc1ccc(Cl)cc1. The molecule has 1 aromatic rings. The largest absolute Gasteiger partial charge is 0.389 e. The molecule has 0 saturated carbocycles. The Labute approximate surface area is 125 Å². The van der Waals surface area contributed by atoms with Gasteiger partial charge in [-0.1, -0.05) is 35.6 Å². The second-order valence-electron chi connectivity index (χ2n) is 4.37. The van der Waals surface area contributed by atoms with Gasteiger partial charge in [0.2, 0.25) is 0 Å². The van der Waals surface area contributed by atoms with Gasteiger partial charge >= 0.3 is 0 Å². The maximum atomic E-state index is 9.87. The molecule has 1 atom stereocenters. The first-order chi connectivity index (χ1) is 9.65. The molecule has 0 heterocycles. The third-order valence-electron chi connectivity index (χ3n) is 2.59. The van der Waals surface area contributed by atoms with Gasteiger partial charge in [-0.2, -0.15) is 0 Å². The predicted molar refractivity (Wildman–Crippen MR) is 81.2 cm³/mol. The molecule has 0 saturated heterocycles. The monoisotopic (exact) mass is 291 g/mol. The fraction of sp³-hybridized carbons (Fsp3) is 0.375. The molecule has 1 aromatic carbocycles. The zero-order valence-corrected chi connectivity index (χ0v) is 12.0. The highest BCUT2D eigenvalue weighted by Crippen LogP contribution is 2.10. The molecule has 0 aliphatic carbocycles. The van der Waals surface area contributed by atoms with E-state index < -0.39 is 6.10 Å². The summed E-state index contributed by atoms with van der Waals surface area (Å²) in [5, 5.41) is 10.6. The van der Waals surface area contributed by atoms with Crippen molar-refractivity contribution >= 4 is 11.6 Å². The fourth-order valence-corrected chi connectivity index (χ4v) is 1.81. The van der Waals surface area contributed by atoms with Gasteiger partial charge in [0.25, 0.3) is 0 Å². The summed E-state index contributed by atoms with van der Waals surface area (Å²) in [5.74, 6) is 5.02. The summed E-state index contributed by atoms with van der Waals surface area (Å²) in [6.07, 6.45) is 9.86. The topological polar surface area (TPSA) is 32.7 Å². The van der Waals surface area contributed by atoms with Gasteiger partial charge in [0.05, 0.1) is 32.4 Å². The maximum Gasteiger partial charge on any atom is 0.0901 e. The fourth-order valence-electron chi connectivity index (χ4n) is 1.69. The number of rotatable bonds is 8. The van der Waals surface area contributed by atoms with E-state index in [1.807, 2.05) is 17.0 Å². The Balaban J connectivity index is 2.28. The van der Waals surface area contributed by atoms with Gasteiger partial charge in [0.15, 0.2) is 0 Å². The summed E-state index contributed by atoms with van der Waals surface area (Å²) in [6.45, 7) is 1.89. The molecule has 106 valence electrons. The lowest BCUT2D eigenvalue weighted by atomic mass is 10.2. The molecular weight excluding hydrogens is 274 g/mol. The lowest BCUT2D eigenvalue weighted by Gasteiger charge is -2.20. The van der Waals surface area contributed by atoms with Crippen molar-refractivity contribution in [3.63, 3.8) is 0 Å². The summed E-state index contributed by atoms with van der Waals surface area (Å²) < 4.78 is 5.46. The van der Waals surface area contributed by atoms with Crippen LogP contribution in [0.3, 0.4) is 0 Å². The van der Waals surface area contributed by atoms with E-state index in [-0.39, 0.29) is 6.61 Å². The van der Waals surface area contributed by atoms with Crippen molar-refractivity contribution in [1.29, 1.82) is 0 Å². The van der Waals surface area contributed by atoms with Crippen LogP contribution in [0, 0.1) is 24.7 Å². The van der Waals surface area contributed by atoms with Crippen LogP contribution in [0.25, 0.3) is 0 Å². The Morgan fingerprint density at radius 1 is 1.20 bits per heavy atom. The summed E-state index contributed by atoms with van der Waals surface area (Å²) in [4.78, 5) is 1.82. The number of terminal acetylenes is 2. The summed E-state index contributed by atoms with van der Waals surface area (Å²) in [6, 6.07) is 7.38. The number of hydrogen-bond donors (Lipinski definition) is 1.